The molecule has 1 aliphatic heterocycles. The zero-order chi connectivity index (χ0) is 27.2. The lowest BCUT2D eigenvalue weighted by Gasteiger charge is -2.24. The van der Waals surface area contributed by atoms with Crippen LogP contribution in [0, 0.1) is 29.2 Å². The fourth-order valence-electron chi connectivity index (χ4n) is 4.00. The minimum Gasteiger partial charge on any atom is -0.326 e. The van der Waals surface area contributed by atoms with Crippen molar-refractivity contribution in [2.75, 3.05) is 28.6 Å². The molecule has 0 saturated carbocycles. The minimum absolute atomic E-state index is 0.104. The van der Waals surface area contributed by atoms with Crippen LogP contribution in [0.2, 0.25) is 10.0 Å². The second-order valence-electron chi connectivity index (χ2n) is 7.82. The van der Waals surface area contributed by atoms with E-state index in [9.17, 15) is 23.5 Å². The van der Waals surface area contributed by atoms with E-state index in [1.807, 2.05) is 22.8 Å². The van der Waals surface area contributed by atoms with Gasteiger partial charge in [0.25, 0.3) is 15.8 Å². The van der Waals surface area contributed by atoms with Gasteiger partial charge < -0.3 is 9.80 Å². The monoisotopic (exact) mass is 553 g/mol. The predicted molar refractivity (Wildman–Crippen MR) is 145 cm³/mol. The quantitative estimate of drug-likeness (QED) is 0.183. The van der Waals surface area contributed by atoms with Gasteiger partial charge in [-0.25, -0.2) is 10.1 Å². The first kappa shape index (κ1) is 27.8. The van der Waals surface area contributed by atoms with Gasteiger partial charge in [0.05, 0.1) is 51.5 Å². The fourth-order valence-corrected chi connectivity index (χ4v) is 4.81. The van der Waals surface area contributed by atoms with Gasteiger partial charge in [0.2, 0.25) is 0 Å². The molecule has 8 nitrogen and oxygen atoms in total. The lowest BCUT2D eigenvalue weighted by Crippen LogP contribution is -2.29. The largest absolute Gasteiger partial charge is 0.326 e. The summed E-state index contributed by atoms with van der Waals surface area (Å²) in [6, 6.07) is 16.1. The Morgan fingerprint density at radius 3 is 2.24 bits per heavy atom. The molecule has 0 radical (unpaired) electrons. The smallest absolute Gasteiger partial charge is 0.270 e. The highest BCUT2D eigenvalue weighted by Crippen LogP contribution is 2.45. The van der Waals surface area contributed by atoms with Crippen LogP contribution < -0.4 is 9.80 Å². The molecule has 2 aromatic rings. The van der Waals surface area contributed by atoms with Crippen LogP contribution in [-0.4, -0.2) is 31.8 Å². The number of fused-ring (bicyclic) bond motifs is 1. The lowest BCUT2D eigenvalue weighted by atomic mass is 9.96. The van der Waals surface area contributed by atoms with E-state index in [1.165, 1.54) is 6.08 Å². The van der Waals surface area contributed by atoms with Crippen LogP contribution in [0.25, 0.3) is 10.4 Å². The molecule has 0 atom stereocenters. The second-order valence-corrected chi connectivity index (χ2v) is 10.2. The van der Waals surface area contributed by atoms with Crippen molar-refractivity contribution in [3.8, 4) is 12.1 Å². The third-order valence-electron chi connectivity index (χ3n) is 5.56. The molecule has 0 aromatic heterocycles. The first-order valence-electron chi connectivity index (χ1n) is 11.0. The number of hydrogen-bond donors (Lipinski definition) is 1. The molecular weight excluding hydrogens is 533 g/mol. The Morgan fingerprint density at radius 1 is 1.11 bits per heavy atom. The van der Waals surface area contributed by atoms with E-state index in [0.717, 1.165) is 5.69 Å². The lowest BCUT2D eigenvalue weighted by molar-refractivity contribution is 0.481. The fraction of sp³-hybridized carbons (Fsp3) is 0.192. The van der Waals surface area contributed by atoms with Gasteiger partial charge in [-0.05, 0) is 43.2 Å². The Labute approximate surface area is 226 Å². The maximum Gasteiger partial charge on any atom is 0.270 e. The second kappa shape index (κ2) is 12.0. The highest BCUT2D eigenvalue weighted by molar-refractivity contribution is 7.85. The Kier molecular flexibility index (Phi) is 8.99. The van der Waals surface area contributed by atoms with Crippen molar-refractivity contribution in [3.05, 3.63) is 98.7 Å². The third-order valence-corrected chi connectivity index (χ3v) is 7.08. The average Bonchev–Trinajstić information content (AvgIpc) is 3.15. The summed E-state index contributed by atoms with van der Waals surface area (Å²) in [4.78, 5) is 7.06. The molecule has 0 unspecified atom stereocenters. The maximum absolute atomic E-state index is 11.3. The highest BCUT2D eigenvalue weighted by Gasteiger charge is 2.31. The van der Waals surface area contributed by atoms with Crippen molar-refractivity contribution in [2.45, 2.75) is 13.3 Å². The molecule has 1 aliphatic rings. The molecule has 11 heteroatoms. The molecule has 2 aromatic carbocycles. The summed E-state index contributed by atoms with van der Waals surface area (Å²) < 4.78 is 31.8. The summed E-state index contributed by atoms with van der Waals surface area (Å²) in [6.07, 6.45) is 3.31. The van der Waals surface area contributed by atoms with E-state index in [0.29, 0.717) is 33.7 Å². The van der Waals surface area contributed by atoms with Crippen molar-refractivity contribution < 1.29 is 13.0 Å². The number of anilines is 2. The number of rotatable bonds is 8. The van der Waals surface area contributed by atoms with E-state index in [1.54, 1.807) is 48.5 Å². The molecule has 3 rings (SSSR count). The molecule has 1 N–H and O–H groups in total. The SMILES string of the molecule is [C-]#[N+]C(C#N)=C(C(C#N)=CC=C1N(CC)c2cc(Cl)c(Cl)cc2N1CCCS(=O)(=O)O)c1ccccc1. The molecule has 188 valence electrons. The van der Waals surface area contributed by atoms with Crippen molar-refractivity contribution in [1.29, 1.82) is 10.5 Å². The number of benzene rings is 2. The molecule has 1 heterocycles. The van der Waals surface area contributed by atoms with Gasteiger partial charge in [0.1, 0.15) is 5.82 Å². The zero-order valence-corrected chi connectivity index (χ0v) is 22.0. The first-order chi connectivity index (χ1) is 17.6. The van der Waals surface area contributed by atoms with Crippen molar-refractivity contribution in [3.63, 3.8) is 0 Å². The molecule has 0 bridgehead atoms. The summed E-state index contributed by atoms with van der Waals surface area (Å²) in [5, 5.41) is 20.2. The Bertz CT molecular complexity index is 1510. The minimum atomic E-state index is -4.16. The molecule has 0 amide bonds. The van der Waals surface area contributed by atoms with Crippen LogP contribution in [0.3, 0.4) is 0 Å². The molecule has 37 heavy (non-hydrogen) atoms. The molecule has 0 spiro atoms. The topological polar surface area (TPSA) is 113 Å². The summed E-state index contributed by atoms with van der Waals surface area (Å²) in [6.45, 7) is 10.1. The van der Waals surface area contributed by atoms with Crippen LogP contribution in [-0.2, 0) is 10.1 Å². The van der Waals surface area contributed by atoms with Crippen LogP contribution >= 0.6 is 23.2 Å². The third kappa shape index (κ3) is 6.32. The van der Waals surface area contributed by atoms with Crippen molar-refractivity contribution in [1.82, 2.24) is 0 Å². The predicted octanol–water partition coefficient (Wildman–Crippen LogP) is 6.06. The molecule has 0 saturated heterocycles. The Hall–Kier alpha value is -3.78. The van der Waals surface area contributed by atoms with E-state index in [4.69, 9.17) is 29.8 Å². The number of nitriles is 2. The van der Waals surface area contributed by atoms with Crippen LogP contribution in [0.1, 0.15) is 18.9 Å². The van der Waals surface area contributed by atoms with Crippen LogP contribution in [0.4, 0.5) is 11.4 Å². The molecule has 0 aliphatic carbocycles. The summed E-state index contributed by atoms with van der Waals surface area (Å²) >= 11 is 12.5. The van der Waals surface area contributed by atoms with E-state index in [2.05, 4.69) is 10.9 Å². The van der Waals surface area contributed by atoms with Gasteiger partial charge >= 0.3 is 0 Å². The standard InChI is InChI=1S/C26H21Cl2N5O3S/c1-3-32-23-14-20(27)21(28)15-24(23)33(12-7-13-37(34,35)36)25(32)11-10-19(16-29)26(22(17-30)31-2)18-8-5-4-6-9-18/h4-6,8-11,14-15H,3,7,12-13H2,1H3,(H,34,35,36). The van der Waals surface area contributed by atoms with Gasteiger partial charge in [-0.1, -0.05) is 53.5 Å². The van der Waals surface area contributed by atoms with E-state index < -0.39 is 15.9 Å². The number of halogens is 2. The first-order valence-corrected chi connectivity index (χ1v) is 13.4. The van der Waals surface area contributed by atoms with Crippen molar-refractivity contribution in [2.24, 2.45) is 0 Å². The summed E-state index contributed by atoms with van der Waals surface area (Å²) in [7, 11) is -4.16. The normalized spacial score (nSPS) is 15.1. The molecular formula is C26H21Cl2N5O3S. The number of nitrogens with zero attached hydrogens (tertiary/aromatic N) is 5. The summed E-state index contributed by atoms with van der Waals surface area (Å²) in [5.74, 6) is 0.170. The van der Waals surface area contributed by atoms with Gasteiger partial charge in [-0.15, -0.1) is 0 Å². The van der Waals surface area contributed by atoms with E-state index >= 15 is 0 Å². The van der Waals surface area contributed by atoms with E-state index in [-0.39, 0.29) is 29.8 Å². The number of hydrogen-bond acceptors (Lipinski definition) is 6. The summed E-state index contributed by atoms with van der Waals surface area (Å²) in [5.41, 5.74) is 2.06. The van der Waals surface area contributed by atoms with Gasteiger partial charge in [-0.2, -0.15) is 13.7 Å². The van der Waals surface area contributed by atoms with Crippen LogP contribution in [0.15, 0.2) is 71.7 Å². The Balaban J connectivity index is 2.17. The highest BCUT2D eigenvalue weighted by atomic mass is 35.5. The van der Waals surface area contributed by atoms with Crippen molar-refractivity contribution >= 4 is 50.3 Å². The van der Waals surface area contributed by atoms with Gasteiger partial charge in [-0.3, -0.25) is 4.55 Å². The molecule has 0 fully saturated rings. The Morgan fingerprint density at radius 2 is 1.73 bits per heavy atom. The zero-order valence-electron chi connectivity index (χ0n) is 19.7. The average molecular weight is 554 g/mol. The van der Waals surface area contributed by atoms with Crippen LogP contribution in [0.5, 0.6) is 0 Å². The number of allylic oxidation sites excluding steroid dienone is 5. The maximum atomic E-state index is 11.3. The van der Waals surface area contributed by atoms with Gasteiger partial charge in [0, 0.05) is 18.7 Å². The van der Waals surface area contributed by atoms with Gasteiger partial charge in [0.15, 0.2) is 0 Å².